The second kappa shape index (κ2) is 7.33. The van der Waals surface area contributed by atoms with Crippen molar-refractivity contribution in [3.05, 3.63) is 29.3 Å². The predicted octanol–water partition coefficient (Wildman–Crippen LogP) is 3.55. The van der Waals surface area contributed by atoms with E-state index in [9.17, 15) is 17.6 Å². The summed E-state index contributed by atoms with van der Waals surface area (Å²) in [6.45, 7) is 1.87. The topological polar surface area (TPSA) is 21.3 Å². The van der Waals surface area contributed by atoms with Crippen LogP contribution in [0, 0.1) is 0 Å². The van der Waals surface area contributed by atoms with Crippen molar-refractivity contribution in [2.45, 2.75) is 26.1 Å². The highest BCUT2D eigenvalue weighted by atomic mass is 19.4. The lowest BCUT2D eigenvalue weighted by Crippen LogP contribution is -2.15. The molecule has 0 aliphatic heterocycles. The van der Waals surface area contributed by atoms with E-state index in [4.69, 9.17) is 4.74 Å². The van der Waals surface area contributed by atoms with Gasteiger partial charge in [0.15, 0.2) is 0 Å². The Labute approximate surface area is 109 Å². The first-order valence-electron chi connectivity index (χ1n) is 6.08. The zero-order chi connectivity index (χ0) is 14.3. The van der Waals surface area contributed by atoms with E-state index in [2.05, 4.69) is 5.32 Å². The van der Waals surface area contributed by atoms with Gasteiger partial charge in [0.25, 0.3) is 0 Å². The SMILES string of the molecule is CCCNCc1ccc(OCCF)c(C(F)(F)F)c1. The molecule has 0 fully saturated rings. The summed E-state index contributed by atoms with van der Waals surface area (Å²) in [6, 6.07) is 3.82. The molecule has 0 radical (unpaired) electrons. The van der Waals surface area contributed by atoms with Gasteiger partial charge in [-0.15, -0.1) is 0 Å². The van der Waals surface area contributed by atoms with E-state index in [1.54, 1.807) is 6.07 Å². The molecule has 108 valence electrons. The van der Waals surface area contributed by atoms with E-state index in [1.165, 1.54) is 6.07 Å². The Morgan fingerprint density at radius 2 is 2.00 bits per heavy atom. The van der Waals surface area contributed by atoms with Crippen molar-refractivity contribution in [3.63, 3.8) is 0 Å². The van der Waals surface area contributed by atoms with Gasteiger partial charge in [-0.3, -0.25) is 0 Å². The molecule has 0 atom stereocenters. The normalized spacial score (nSPS) is 11.6. The highest BCUT2D eigenvalue weighted by Crippen LogP contribution is 2.36. The summed E-state index contributed by atoms with van der Waals surface area (Å²) < 4.78 is 55.3. The Balaban J connectivity index is 2.88. The van der Waals surface area contributed by atoms with E-state index in [0.717, 1.165) is 19.0 Å². The van der Waals surface area contributed by atoms with Crippen LogP contribution in [0.3, 0.4) is 0 Å². The highest BCUT2D eigenvalue weighted by Gasteiger charge is 2.34. The molecule has 0 saturated carbocycles. The third-order valence-corrected chi connectivity index (χ3v) is 2.44. The first-order valence-corrected chi connectivity index (χ1v) is 6.08. The van der Waals surface area contributed by atoms with E-state index in [-0.39, 0.29) is 12.4 Å². The van der Waals surface area contributed by atoms with Gasteiger partial charge in [-0.05, 0) is 30.7 Å². The largest absolute Gasteiger partial charge is 0.490 e. The van der Waals surface area contributed by atoms with Gasteiger partial charge in [0.05, 0.1) is 5.56 Å². The second-order valence-electron chi connectivity index (χ2n) is 4.04. The third kappa shape index (κ3) is 5.06. The summed E-state index contributed by atoms with van der Waals surface area (Å²) >= 11 is 0. The van der Waals surface area contributed by atoms with Gasteiger partial charge in [0.1, 0.15) is 19.0 Å². The molecule has 0 heterocycles. The molecular weight excluding hydrogens is 262 g/mol. The van der Waals surface area contributed by atoms with Gasteiger partial charge >= 0.3 is 6.18 Å². The van der Waals surface area contributed by atoms with Crippen LogP contribution in [0.1, 0.15) is 24.5 Å². The molecule has 0 aromatic heterocycles. The van der Waals surface area contributed by atoms with Crippen molar-refractivity contribution in [2.24, 2.45) is 0 Å². The molecular formula is C13H17F4NO. The molecule has 1 rings (SSSR count). The number of ether oxygens (including phenoxy) is 1. The molecule has 0 aliphatic carbocycles. The Hall–Kier alpha value is -1.30. The smallest absolute Gasteiger partial charge is 0.419 e. The lowest BCUT2D eigenvalue weighted by Gasteiger charge is -2.15. The predicted molar refractivity (Wildman–Crippen MR) is 64.9 cm³/mol. The van der Waals surface area contributed by atoms with Gasteiger partial charge in [0, 0.05) is 6.54 Å². The van der Waals surface area contributed by atoms with Crippen molar-refractivity contribution >= 4 is 0 Å². The lowest BCUT2D eigenvalue weighted by molar-refractivity contribution is -0.139. The number of benzene rings is 1. The Morgan fingerprint density at radius 3 is 2.58 bits per heavy atom. The molecule has 19 heavy (non-hydrogen) atoms. The van der Waals surface area contributed by atoms with Gasteiger partial charge in [0.2, 0.25) is 0 Å². The van der Waals surface area contributed by atoms with Crippen LogP contribution in [-0.4, -0.2) is 19.8 Å². The average Bonchev–Trinajstić information content (AvgIpc) is 2.36. The number of rotatable bonds is 7. The summed E-state index contributed by atoms with van der Waals surface area (Å²) in [5, 5.41) is 3.02. The molecule has 1 aromatic carbocycles. The fourth-order valence-corrected chi connectivity index (χ4v) is 1.59. The van der Waals surface area contributed by atoms with Crippen LogP contribution >= 0.6 is 0 Å². The van der Waals surface area contributed by atoms with Crippen molar-refractivity contribution in [3.8, 4) is 5.75 Å². The molecule has 6 heteroatoms. The van der Waals surface area contributed by atoms with Crippen molar-refractivity contribution in [1.82, 2.24) is 5.32 Å². The quantitative estimate of drug-likeness (QED) is 0.608. The maximum Gasteiger partial charge on any atom is 0.419 e. The maximum atomic E-state index is 12.8. The fraction of sp³-hybridized carbons (Fsp3) is 0.538. The summed E-state index contributed by atoms with van der Waals surface area (Å²) in [7, 11) is 0. The van der Waals surface area contributed by atoms with Crippen LogP contribution in [-0.2, 0) is 12.7 Å². The van der Waals surface area contributed by atoms with Crippen LogP contribution in [0.5, 0.6) is 5.75 Å². The van der Waals surface area contributed by atoms with E-state index in [1.807, 2.05) is 6.92 Å². The van der Waals surface area contributed by atoms with E-state index >= 15 is 0 Å². The summed E-state index contributed by atoms with van der Waals surface area (Å²) in [4.78, 5) is 0. The van der Waals surface area contributed by atoms with Gasteiger partial charge < -0.3 is 10.1 Å². The molecule has 1 N–H and O–H groups in total. The van der Waals surface area contributed by atoms with Gasteiger partial charge in [-0.25, -0.2) is 4.39 Å². The van der Waals surface area contributed by atoms with Crippen molar-refractivity contribution in [2.75, 3.05) is 19.8 Å². The van der Waals surface area contributed by atoms with Crippen molar-refractivity contribution < 1.29 is 22.3 Å². The average molecular weight is 279 g/mol. The van der Waals surface area contributed by atoms with Gasteiger partial charge in [-0.1, -0.05) is 13.0 Å². The third-order valence-electron chi connectivity index (χ3n) is 2.44. The maximum absolute atomic E-state index is 12.8. The van der Waals surface area contributed by atoms with Gasteiger partial charge in [-0.2, -0.15) is 13.2 Å². The first kappa shape index (κ1) is 15.8. The zero-order valence-electron chi connectivity index (χ0n) is 10.7. The monoisotopic (exact) mass is 279 g/mol. The number of nitrogens with one attached hydrogen (secondary N) is 1. The Morgan fingerprint density at radius 1 is 1.26 bits per heavy atom. The molecule has 0 unspecified atom stereocenters. The standard InChI is InChI=1S/C13H17F4NO/c1-2-6-18-9-10-3-4-12(19-7-5-14)11(8-10)13(15,16)17/h3-4,8,18H,2,5-7,9H2,1H3. The first-order chi connectivity index (χ1) is 8.99. The summed E-state index contributed by atoms with van der Waals surface area (Å²) in [5.41, 5.74) is -0.342. The number of hydrogen-bond donors (Lipinski definition) is 1. The second-order valence-corrected chi connectivity index (χ2v) is 4.04. The highest BCUT2D eigenvalue weighted by molar-refractivity contribution is 5.39. The Bertz CT molecular complexity index is 393. The minimum Gasteiger partial charge on any atom is -0.490 e. The molecule has 0 aliphatic rings. The molecule has 0 spiro atoms. The molecule has 0 amide bonds. The zero-order valence-corrected chi connectivity index (χ0v) is 10.7. The molecule has 0 bridgehead atoms. The van der Waals surface area contributed by atoms with Crippen LogP contribution in [0.4, 0.5) is 17.6 Å². The summed E-state index contributed by atoms with van der Waals surface area (Å²) in [6.07, 6.45) is -3.60. The van der Waals surface area contributed by atoms with Crippen LogP contribution in [0.25, 0.3) is 0 Å². The van der Waals surface area contributed by atoms with Crippen molar-refractivity contribution in [1.29, 1.82) is 0 Å². The summed E-state index contributed by atoms with van der Waals surface area (Å²) in [5.74, 6) is -0.329. The Kier molecular flexibility index (Phi) is 6.08. The van der Waals surface area contributed by atoms with Crippen LogP contribution in [0.2, 0.25) is 0 Å². The van der Waals surface area contributed by atoms with E-state index < -0.39 is 18.4 Å². The van der Waals surface area contributed by atoms with Crippen LogP contribution < -0.4 is 10.1 Å². The minimum absolute atomic E-state index is 0.329. The van der Waals surface area contributed by atoms with Crippen LogP contribution in [0.15, 0.2) is 18.2 Å². The molecule has 1 aromatic rings. The fourth-order valence-electron chi connectivity index (χ4n) is 1.59. The number of alkyl halides is 4. The van der Waals surface area contributed by atoms with E-state index in [0.29, 0.717) is 12.1 Å². The number of halogens is 4. The lowest BCUT2D eigenvalue weighted by atomic mass is 10.1. The minimum atomic E-state index is -4.51. The molecule has 0 saturated heterocycles. The number of hydrogen-bond acceptors (Lipinski definition) is 2. The molecule has 2 nitrogen and oxygen atoms in total.